The summed E-state index contributed by atoms with van der Waals surface area (Å²) in [5.74, 6) is 0. The number of nitrogens with zero attached hydrogens (tertiary/aromatic N) is 1. The lowest BCUT2D eigenvalue weighted by atomic mass is 10.1. The van der Waals surface area contributed by atoms with Crippen LogP contribution < -0.4 is 4.72 Å². The molecule has 2 atom stereocenters. The van der Waals surface area contributed by atoms with E-state index >= 15 is 0 Å². The highest BCUT2D eigenvalue weighted by Crippen LogP contribution is 2.22. The first kappa shape index (κ1) is 17.5. The monoisotopic (exact) mass is 368 g/mol. The van der Waals surface area contributed by atoms with Gasteiger partial charge in [0.1, 0.15) is 4.21 Å². The van der Waals surface area contributed by atoms with Crippen molar-refractivity contribution in [3.8, 4) is 0 Å². The third-order valence-electron chi connectivity index (χ3n) is 3.75. The highest BCUT2D eigenvalue weighted by atomic mass is 32.2. The Hall–Kier alpha value is -1.32. The van der Waals surface area contributed by atoms with Crippen LogP contribution in [0, 0.1) is 6.92 Å². The zero-order chi connectivity index (χ0) is 17.0. The van der Waals surface area contributed by atoms with Crippen LogP contribution in [0.15, 0.2) is 40.1 Å². The van der Waals surface area contributed by atoms with Crippen molar-refractivity contribution in [3.05, 3.63) is 47.1 Å². The van der Waals surface area contributed by atoms with Gasteiger partial charge in [-0.1, -0.05) is 6.07 Å². The summed E-state index contributed by atoms with van der Waals surface area (Å²) in [7, 11) is -3.54. The van der Waals surface area contributed by atoms with E-state index < -0.39 is 10.0 Å². The van der Waals surface area contributed by atoms with Crippen LogP contribution in [0.25, 0.3) is 0 Å². The van der Waals surface area contributed by atoms with Gasteiger partial charge in [0, 0.05) is 12.8 Å². The third kappa shape index (κ3) is 4.40. The van der Waals surface area contributed by atoms with E-state index in [0.717, 1.165) is 11.3 Å². The van der Waals surface area contributed by atoms with Crippen LogP contribution in [0.4, 0.5) is 0 Å². The van der Waals surface area contributed by atoms with Gasteiger partial charge in [-0.3, -0.25) is 4.98 Å². The average molecular weight is 368 g/mol. The highest BCUT2D eigenvalue weighted by molar-refractivity contribution is 7.91. The summed E-state index contributed by atoms with van der Waals surface area (Å²) >= 11 is 1.22. The molecule has 0 radical (unpaired) electrons. The van der Waals surface area contributed by atoms with Crippen molar-refractivity contribution >= 4 is 21.4 Å². The molecule has 3 rings (SSSR count). The maximum absolute atomic E-state index is 12.5. The number of aromatic nitrogens is 1. The van der Waals surface area contributed by atoms with Gasteiger partial charge in [-0.05, 0) is 42.5 Å². The second kappa shape index (κ2) is 7.71. The molecule has 2 aromatic heterocycles. The molecule has 2 unspecified atom stereocenters. The fourth-order valence-electron chi connectivity index (χ4n) is 2.49. The molecule has 3 heterocycles. The molecule has 0 saturated carbocycles. The molecule has 1 saturated heterocycles. The van der Waals surface area contributed by atoms with Gasteiger partial charge in [0.15, 0.2) is 0 Å². The van der Waals surface area contributed by atoms with Crippen molar-refractivity contribution in [2.75, 3.05) is 13.2 Å². The predicted molar refractivity (Wildman–Crippen MR) is 91.4 cm³/mol. The highest BCUT2D eigenvalue weighted by Gasteiger charge is 2.31. The van der Waals surface area contributed by atoms with Crippen LogP contribution in [0.5, 0.6) is 0 Å². The van der Waals surface area contributed by atoms with Crippen LogP contribution in [0.2, 0.25) is 0 Å². The minimum absolute atomic E-state index is 0.310. The van der Waals surface area contributed by atoms with Crippen molar-refractivity contribution in [1.29, 1.82) is 0 Å². The number of pyridine rings is 1. The van der Waals surface area contributed by atoms with Gasteiger partial charge < -0.3 is 9.47 Å². The van der Waals surface area contributed by atoms with E-state index in [2.05, 4.69) is 9.71 Å². The Labute approximate surface area is 145 Å². The minimum atomic E-state index is -3.54. The quantitative estimate of drug-likeness (QED) is 0.845. The lowest BCUT2D eigenvalue weighted by molar-refractivity contribution is -0.0718. The van der Waals surface area contributed by atoms with E-state index in [4.69, 9.17) is 9.47 Å². The number of rotatable bonds is 6. The van der Waals surface area contributed by atoms with Gasteiger partial charge in [-0.25, -0.2) is 13.1 Å². The zero-order valence-electron chi connectivity index (χ0n) is 13.3. The molecule has 1 aliphatic rings. The molecule has 1 N–H and O–H groups in total. The summed E-state index contributed by atoms with van der Waals surface area (Å²) in [6.07, 6.45) is 1.95. The molecule has 8 heteroatoms. The number of aryl methyl sites for hydroxylation is 1. The number of hydrogen-bond donors (Lipinski definition) is 1. The standard InChI is InChI=1S/C16H20N2O4S2/c1-12-8-16(23-11-12)24(19,20)18-14-5-7-21-10-15(14)22-9-13-4-2-3-6-17-13/h2-4,6,8,11,14-15,18H,5,7,9-10H2,1H3. The summed E-state index contributed by atoms with van der Waals surface area (Å²) < 4.78 is 39.5. The van der Waals surface area contributed by atoms with Crippen LogP contribution in [0.1, 0.15) is 17.7 Å². The first-order valence-electron chi connectivity index (χ1n) is 7.71. The predicted octanol–water partition coefficient (Wildman–Crippen LogP) is 2.10. The summed E-state index contributed by atoms with van der Waals surface area (Å²) in [4.78, 5) is 4.21. The van der Waals surface area contributed by atoms with E-state index in [-0.39, 0.29) is 12.1 Å². The smallest absolute Gasteiger partial charge is 0.250 e. The Morgan fingerprint density at radius 1 is 1.46 bits per heavy atom. The molecular weight excluding hydrogens is 348 g/mol. The Bertz CT molecular complexity index is 761. The van der Waals surface area contributed by atoms with Gasteiger partial charge in [-0.2, -0.15) is 0 Å². The maximum atomic E-state index is 12.5. The molecule has 2 aromatic rings. The van der Waals surface area contributed by atoms with Crippen LogP contribution in [-0.4, -0.2) is 38.8 Å². The molecule has 0 bridgehead atoms. The second-order valence-electron chi connectivity index (χ2n) is 5.70. The van der Waals surface area contributed by atoms with E-state index in [1.165, 1.54) is 11.3 Å². The summed E-state index contributed by atoms with van der Waals surface area (Å²) in [5, 5.41) is 1.83. The Kier molecular flexibility index (Phi) is 5.62. The molecule has 1 fully saturated rings. The summed E-state index contributed by atoms with van der Waals surface area (Å²) in [6, 6.07) is 6.97. The van der Waals surface area contributed by atoms with Crippen molar-refractivity contribution < 1.29 is 17.9 Å². The van der Waals surface area contributed by atoms with Crippen molar-refractivity contribution in [1.82, 2.24) is 9.71 Å². The summed E-state index contributed by atoms with van der Waals surface area (Å²) in [5.41, 5.74) is 1.74. The fourth-order valence-corrected chi connectivity index (χ4v) is 5.03. The SMILES string of the molecule is Cc1csc(S(=O)(=O)NC2CCOCC2OCc2ccccn2)c1. The molecule has 0 spiro atoms. The first-order valence-corrected chi connectivity index (χ1v) is 10.1. The molecule has 1 aliphatic heterocycles. The maximum Gasteiger partial charge on any atom is 0.250 e. The number of ether oxygens (including phenoxy) is 2. The van der Waals surface area contributed by atoms with E-state index in [1.807, 2.05) is 30.5 Å². The number of thiophene rings is 1. The van der Waals surface area contributed by atoms with Crippen molar-refractivity contribution in [3.63, 3.8) is 0 Å². The Morgan fingerprint density at radius 2 is 2.33 bits per heavy atom. The number of sulfonamides is 1. The lowest BCUT2D eigenvalue weighted by Crippen LogP contribution is -2.49. The lowest BCUT2D eigenvalue weighted by Gasteiger charge is -2.31. The van der Waals surface area contributed by atoms with Gasteiger partial charge in [0.2, 0.25) is 10.0 Å². The molecular formula is C16H20N2O4S2. The first-order chi connectivity index (χ1) is 11.5. The van der Waals surface area contributed by atoms with E-state index in [1.54, 1.807) is 12.3 Å². The average Bonchev–Trinajstić information content (AvgIpc) is 3.02. The Morgan fingerprint density at radius 3 is 3.04 bits per heavy atom. The topological polar surface area (TPSA) is 77.5 Å². The van der Waals surface area contributed by atoms with E-state index in [0.29, 0.717) is 30.5 Å². The summed E-state index contributed by atoms with van der Waals surface area (Å²) in [6.45, 7) is 3.08. The van der Waals surface area contributed by atoms with Crippen LogP contribution in [0.3, 0.4) is 0 Å². The van der Waals surface area contributed by atoms with Gasteiger partial charge in [0.25, 0.3) is 0 Å². The molecule has 130 valence electrons. The van der Waals surface area contributed by atoms with Crippen LogP contribution >= 0.6 is 11.3 Å². The van der Waals surface area contributed by atoms with Crippen molar-refractivity contribution in [2.24, 2.45) is 0 Å². The van der Waals surface area contributed by atoms with Gasteiger partial charge >= 0.3 is 0 Å². The normalized spacial score (nSPS) is 21.7. The Balaban J connectivity index is 1.66. The molecule has 24 heavy (non-hydrogen) atoms. The van der Waals surface area contributed by atoms with E-state index in [9.17, 15) is 8.42 Å². The number of hydrogen-bond acceptors (Lipinski definition) is 6. The fraction of sp³-hybridized carbons (Fsp3) is 0.438. The van der Waals surface area contributed by atoms with Crippen LogP contribution in [-0.2, 0) is 26.1 Å². The number of nitrogens with one attached hydrogen (secondary N) is 1. The molecule has 0 aromatic carbocycles. The third-order valence-corrected chi connectivity index (χ3v) is 6.80. The second-order valence-corrected chi connectivity index (χ2v) is 8.56. The minimum Gasteiger partial charge on any atom is -0.379 e. The molecule has 6 nitrogen and oxygen atoms in total. The zero-order valence-corrected chi connectivity index (χ0v) is 15.0. The molecule has 0 amide bonds. The van der Waals surface area contributed by atoms with Crippen molar-refractivity contribution in [2.45, 2.75) is 36.3 Å². The molecule has 0 aliphatic carbocycles. The largest absolute Gasteiger partial charge is 0.379 e. The van der Waals surface area contributed by atoms with Gasteiger partial charge in [-0.15, -0.1) is 11.3 Å². The van der Waals surface area contributed by atoms with Gasteiger partial charge in [0.05, 0.1) is 31.1 Å².